The molecule has 0 atom stereocenters. The van der Waals surface area contributed by atoms with E-state index in [-0.39, 0.29) is 22.1 Å². The van der Waals surface area contributed by atoms with Crippen LogP contribution in [0.15, 0.2) is 24.3 Å². The van der Waals surface area contributed by atoms with Crippen LogP contribution < -0.4 is 10.6 Å². The van der Waals surface area contributed by atoms with Gasteiger partial charge < -0.3 is 10.6 Å². The molecule has 0 saturated heterocycles. The Balaban J connectivity index is 2.35. The maximum atomic E-state index is 13.9. The van der Waals surface area contributed by atoms with Gasteiger partial charge in [0.25, 0.3) is 0 Å². The third kappa shape index (κ3) is 3.54. The third-order valence-electron chi connectivity index (χ3n) is 2.62. The molecule has 0 saturated carbocycles. The van der Waals surface area contributed by atoms with Crippen molar-refractivity contribution in [3.05, 3.63) is 45.7 Å². The predicted octanol–water partition coefficient (Wildman–Crippen LogP) is 4.57. The summed E-state index contributed by atoms with van der Waals surface area (Å²) in [7, 11) is 0. The fourth-order valence-corrected chi connectivity index (χ4v) is 2.13. The molecule has 4 nitrogen and oxygen atoms in total. The molecule has 0 unspecified atom stereocenters. The van der Waals surface area contributed by atoms with Crippen molar-refractivity contribution >= 4 is 40.5 Å². The number of halogens is 3. The van der Waals surface area contributed by atoms with Gasteiger partial charge >= 0.3 is 0 Å². The molecule has 108 valence electrons. The SMILES string of the molecule is CCNc1nc(Nc2ccc(C#N)cc2F)c(Cl)cc1Cl. The number of nitriles is 1. The van der Waals surface area contributed by atoms with Crippen LogP contribution in [-0.2, 0) is 0 Å². The molecule has 2 N–H and O–H groups in total. The average molecular weight is 325 g/mol. The lowest BCUT2D eigenvalue weighted by atomic mass is 10.2. The van der Waals surface area contributed by atoms with Crippen molar-refractivity contribution in [2.45, 2.75) is 6.92 Å². The molecular formula is C14H11Cl2FN4. The molecule has 0 aliphatic heterocycles. The van der Waals surface area contributed by atoms with E-state index in [1.165, 1.54) is 18.2 Å². The normalized spacial score (nSPS) is 10.0. The first-order chi connectivity index (χ1) is 10.0. The second-order valence-corrected chi connectivity index (χ2v) is 4.93. The number of benzene rings is 1. The minimum atomic E-state index is -0.563. The molecule has 0 bridgehead atoms. The number of rotatable bonds is 4. The average Bonchev–Trinajstić information content (AvgIpc) is 2.46. The van der Waals surface area contributed by atoms with Crippen LogP contribution in [0.1, 0.15) is 12.5 Å². The Labute approximate surface area is 131 Å². The molecule has 2 rings (SSSR count). The summed E-state index contributed by atoms with van der Waals surface area (Å²) in [5.41, 5.74) is 0.412. The van der Waals surface area contributed by atoms with Crippen molar-refractivity contribution in [3.8, 4) is 6.07 Å². The molecule has 1 aromatic carbocycles. The second kappa shape index (κ2) is 6.61. The van der Waals surface area contributed by atoms with E-state index in [1.54, 1.807) is 0 Å². The van der Waals surface area contributed by atoms with Crippen molar-refractivity contribution < 1.29 is 4.39 Å². The van der Waals surface area contributed by atoms with Crippen molar-refractivity contribution in [2.75, 3.05) is 17.2 Å². The Morgan fingerprint density at radius 2 is 1.95 bits per heavy atom. The molecule has 1 heterocycles. The predicted molar refractivity (Wildman–Crippen MR) is 82.8 cm³/mol. The van der Waals surface area contributed by atoms with Gasteiger partial charge in [-0.25, -0.2) is 9.37 Å². The van der Waals surface area contributed by atoms with Gasteiger partial charge in [0.15, 0.2) is 5.82 Å². The first-order valence-corrected chi connectivity index (χ1v) is 6.87. The second-order valence-electron chi connectivity index (χ2n) is 4.11. The van der Waals surface area contributed by atoms with E-state index in [2.05, 4.69) is 15.6 Å². The van der Waals surface area contributed by atoms with E-state index < -0.39 is 5.82 Å². The van der Waals surface area contributed by atoms with Crippen LogP contribution in [0, 0.1) is 17.1 Å². The summed E-state index contributed by atoms with van der Waals surface area (Å²) in [4.78, 5) is 4.22. The molecule has 21 heavy (non-hydrogen) atoms. The fraction of sp³-hybridized carbons (Fsp3) is 0.143. The lowest BCUT2D eigenvalue weighted by molar-refractivity contribution is 0.631. The zero-order chi connectivity index (χ0) is 15.4. The highest BCUT2D eigenvalue weighted by Crippen LogP contribution is 2.31. The van der Waals surface area contributed by atoms with E-state index in [0.29, 0.717) is 17.4 Å². The highest BCUT2D eigenvalue weighted by atomic mass is 35.5. The maximum absolute atomic E-state index is 13.9. The summed E-state index contributed by atoms with van der Waals surface area (Å²) in [6, 6.07) is 7.48. The van der Waals surface area contributed by atoms with Crippen molar-refractivity contribution in [3.63, 3.8) is 0 Å². The van der Waals surface area contributed by atoms with Crippen LogP contribution >= 0.6 is 23.2 Å². The number of anilines is 3. The number of nitrogens with one attached hydrogen (secondary N) is 2. The Kier molecular flexibility index (Phi) is 4.84. The van der Waals surface area contributed by atoms with E-state index in [9.17, 15) is 4.39 Å². The Morgan fingerprint density at radius 3 is 2.57 bits per heavy atom. The van der Waals surface area contributed by atoms with E-state index in [1.807, 2.05) is 13.0 Å². The minimum Gasteiger partial charge on any atom is -0.369 e. The van der Waals surface area contributed by atoms with Crippen LogP contribution in [0.3, 0.4) is 0 Å². The van der Waals surface area contributed by atoms with Gasteiger partial charge in [0.2, 0.25) is 0 Å². The standard InChI is InChI=1S/C14H11Cl2FN4/c1-2-19-13-9(15)6-10(16)14(21-13)20-12-4-3-8(7-18)5-11(12)17/h3-6H,2H2,1H3,(H2,19,20,21). The van der Waals surface area contributed by atoms with E-state index >= 15 is 0 Å². The van der Waals surface area contributed by atoms with E-state index in [4.69, 9.17) is 28.5 Å². The maximum Gasteiger partial charge on any atom is 0.151 e. The fourth-order valence-electron chi connectivity index (χ4n) is 1.66. The Morgan fingerprint density at radius 1 is 1.24 bits per heavy atom. The van der Waals surface area contributed by atoms with Crippen LogP contribution in [0.2, 0.25) is 10.0 Å². The van der Waals surface area contributed by atoms with Gasteiger partial charge in [-0.05, 0) is 31.2 Å². The quantitative estimate of drug-likeness (QED) is 0.864. The molecule has 0 amide bonds. The summed E-state index contributed by atoms with van der Waals surface area (Å²) >= 11 is 12.1. The molecule has 0 spiro atoms. The summed E-state index contributed by atoms with van der Waals surface area (Å²) < 4.78 is 13.9. The van der Waals surface area contributed by atoms with Gasteiger partial charge in [0, 0.05) is 6.54 Å². The zero-order valence-corrected chi connectivity index (χ0v) is 12.6. The highest BCUT2D eigenvalue weighted by Gasteiger charge is 2.11. The minimum absolute atomic E-state index is 0.174. The molecule has 7 heteroatoms. The first-order valence-electron chi connectivity index (χ1n) is 6.11. The molecular weight excluding hydrogens is 314 g/mol. The number of pyridine rings is 1. The summed E-state index contributed by atoms with van der Waals surface area (Å²) in [6.07, 6.45) is 0. The third-order valence-corrected chi connectivity index (χ3v) is 3.20. The number of nitrogens with zero attached hydrogens (tertiary/aromatic N) is 2. The largest absolute Gasteiger partial charge is 0.369 e. The number of hydrogen-bond donors (Lipinski definition) is 2. The van der Waals surface area contributed by atoms with Crippen LogP contribution in [-0.4, -0.2) is 11.5 Å². The lowest BCUT2D eigenvalue weighted by Gasteiger charge is -2.12. The van der Waals surface area contributed by atoms with Crippen molar-refractivity contribution in [2.24, 2.45) is 0 Å². The monoisotopic (exact) mass is 324 g/mol. The van der Waals surface area contributed by atoms with Crippen molar-refractivity contribution in [1.82, 2.24) is 4.98 Å². The van der Waals surface area contributed by atoms with Gasteiger partial charge in [-0.3, -0.25) is 0 Å². The van der Waals surface area contributed by atoms with Crippen LogP contribution in [0.25, 0.3) is 0 Å². The van der Waals surface area contributed by atoms with Gasteiger partial charge in [-0.15, -0.1) is 0 Å². The smallest absolute Gasteiger partial charge is 0.151 e. The molecule has 1 aromatic heterocycles. The van der Waals surface area contributed by atoms with Crippen LogP contribution in [0.4, 0.5) is 21.7 Å². The van der Waals surface area contributed by atoms with Gasteiger partial charge in [0.1, 0.15) is 11.6 Å². The number of hydrogen-bond acceptors (Lipinski definition) is 4. The Hall–Kier alpha value is -2.03. The summed E-state index contributed by atoms with van der Waals surface area (Å²) in [5, 5.41) is 15.1. The lowest BCUT2D eigenvalue weighted by Crippen LogP contribution is -2.04. The summed E-state index contributed by atoms with van der Waals surface area (Å²) in [6.45, 7) is 2.54. The molecule has 0 aliphatic carbocycles. The molecule has 0 aliphatic rings. The molecule has 2 aromatic rings. The molecule has 0 fully saturated rings. The van der Waals surface area contributed by atoms with Crippen LogP contribution in [0.5, 0.6) is 0 Å². The van der Waals surface area contributed by atoms with Gasteiger partial charge in [0.05, 0.1) is 27.4 Å². The first kappa shape index (κ1) is 15.4. The zero-order valence-electron chi connectivity index (χ0n) is 11.0. The van der Waals surface area contributed by atoms with E-state index in [0.717, 1.165) is 6.07 Å². The van der Waals surface area contributed by atoms with Gasteiger partial charge in [-0.2, -0.15) is 5.26 Å². The highest BCUT2D eigenvalue weighted by molar-refractivity contribution is 6.37. The van der Waals surface area contributed by atoms with Gasteiger partial charge in [-0.1, -0.05) is 23.2 Å². The topological polar surface area (TPSA) is 60.7 Å². The summed E-state index contributed by atoms with van der Waals surface area (Å²) in [5.74, 6) is 0.174. The Bertz CT molecular complexity index is 713. The number of aromatic nitrogens is 1. The molecule has 0 radical (unpaired) electrons. The van der Waals surface area contributed by atoms with Crippen molar-refractivity contribution in [1.29, 1.82) is 5.26 Å².